The number of carbonyl (C=O) groups excluding carboxylic acids is 1. The van der Waals surface area contributed by atoms with Gasteiger partial charge >= 0.3 is 5.97 Å². The van der Waals surface area contributed by atoms with E-state index in [4.69, 9.17) is 40.0 Å². The number of rotatable bonds is 5. The fourth-order valence-corrected chi connectivity index (χ4v) is 3.38. The Labute approximate surface area is 177 Å². The lowest BCUT2D eigenvalue weighted by atomic mass is 10.1. The molecule has 0 fully saturated rings. The highest BCUT2D eigenvalue weighted by atomic mass is 35.5. The molecule has 9 heteroatoms. The van der Waals surface area contributed by atoms with E-state index < -0.39 is 5.97 Å². The van der Waals surface area contributed by atoms with E-state index >= 15 is 0 Å². The molecule has 2 aliphatic heterocycles. The number of fused-ring (bicyclic) bond motifs is 1. The fraction of sp³-hybridized carbons (Fsp3) is 0.238. The van der Waals surface area contributed by atoms with E-state index in [1.54, 1.807) is 30.3 Å². The second kappa shape index (κ2) is 8.16. The zero-order valence-electron chi connectivity index (χ0n) is 16.5. The van der Waals surface area contributed by atoms with E-state index in [-0.39, 0.29) is 11.6 Å². The van der Waals surface area contributed by atoms with Gasteiger partial charge in [-0.1, -0.05) is 11.6 Å². The monoisotopic (exact) mass is 431 g/mol. The molecule has 0 N–H and O–H groups in total. The first-order chi connectivity index (χ1) is 14.5. The van der Waals surface area contributed by atoms with Crippen molar-refractivity contribution in [2.45, 2.75) is 0 Å². The summed E-state index contributed by atoms with van der Waals surface area (Å²) in [6.45, 7) is 0.858. The molecule has 0 radical (unpaired) electrons. The maximum absolute atomic E-state index is 12.4. The molecule has 0 spiro atoms. The van der Waals surface area contributed by atoms with Crippen LogP contribution in [-0.4, -0.2) is 46.4 Å². The number of esters is 1. The second-order valence-corrected chi connectivity index (χ2v) is 6.68. The van der Waals surface area contributed by atoms with Crippen molar-refractivity contribution in [3.8, 4) is 28.7 Å². The van der Waals surface area contributed by atoms with E-state index in [0.29, 0.717) is 58.1 Å². The van der Waals surface area contributed by atoms with Gasteiger partial charge in [0.2, 0.25) is 11.6 Å². The van der Waals surface area contributed by atoms with Crippen LogP contribution in [0.15, 0.2) is 35.0 Å². The standard InChI is InChI=1S/C21H18ClNO7/c1-25-15-9-12(10-16(26-2)19(15)27-3)20-23-14(21(24)30-20)7-11-6-13(22)18-17(8-11)28-4-5-29-18/h6-10H,4-5H2,1-3H3/b14-7+. The Bertz CT molecular complexity index is 1050. The molecule has 0 unspecified atom stereocenters. The molecule has 0 aliphatic carbocycles. The SMILES string of the molecule is COc1cc(C2=N/C(=C/c3cc(Cl)c4c(c3)OCCO4)C(=O)O2)cc(OC)c1OC. The molecule has 4 rings (SSSR count). The molecule has 0 aromatic heterocycles. The number of benzene rings is 2. The maximum Gasteiger partial charge on any atom is 0.363 e. The average molecular weight is 432 g/mol. The lowest BCUT2D eigenvalue weighted by molar-refractivity contribution is -0.129. The van der Waals surface area contributed by atoms with Crippen molar-refractivity contribution in [2.24, 2.45) is 4.99 Å². The molecule has 0 amide bonds. The highest BCUT2D eigenvalue weighted by molar-refractivity contribution is 6.32. The second-order valence-electron chi connectivity index (χ2n) is 6.28. The number of hydrogen-bond acceptors (Lipinski definition) is 8. The zero-order valence-corrected chi connectivity index (χ0v) is 17.2. The molecule has 0 saturated carbocycles. The third-order valence-electron chi connectivity index (χ3n) is 4.45. The Morgan fingerprint density at radius 1 is 1.00 bits per heavy atom. The molecule has 30 heavy (non-hydrogen) atoms. The summed E-state index contributed by atoms with van der Waals surface area (Å²) in [5, 5.41) is 0.388. The number of methoxy groups -OCH3 is 3. The van der Waals surface area contributed by atoms with Gasteiger partial charge in [-0.15, -0.1) is 0 Å². The number of halogens is 1. The molecule has 2 heterocycles. The number of ether oxygens (including phenoxy) is 6. The molecule has 8 nitrogen and oxygen atoms in total. The highest BCUT2D eigenvalue weighted by Gasteiger charge is 2.27. The number of nitrogens with zero attached hydrogens (tertiary/aromatic N) is 1. The Balaban J connectivity index is 1.71. The van der Waals surface area contributed by atoms with Gasteiger partial charge in [0, 0.05) is 5.56 Å². The van der Waals surface area contributed by atoms with Crippen molar-refractivity contribution < 1.29 is 33.2 Å². The van der Waals surface area contributed by atoms with Crippen LogP contribution >= 0.6 is 11.6 Å². The predicted molar refractivity (Wildman–Crippen MR) is 109 cm³/mol. The van der Waals surface area contributed by atoms with Crippen LogP contribution in [0.2, 0.25) is 5.02 Å². The van der Waals surface area contributed by atoms with Gasteiger partial charge in [-0.25, -0.2) is 9.79 Å². The number of hydrogen-bond donors (Lipinski definition) is 0. The Morgan fingerprint density at radius 2 is 1.70 bits per heavy atom. The quantitative estimate of drug-likeness (QED) is 0.529. The van der Waals surface area contributed by atoms with Crippen LogP contribution in [0.4, 0.5) is 0 Å². The van der Waals surface area contributed by atoms with Gasteiger partial charge in [0.1, 0.15) is 13.2 Å². The molecule has 2 aromatic rings. The van der Waals surface area contributed by atoms with Gasteiger partial charge in [0.15, 0.2) is 28.7 Å². The number of carbonyl (C=O) groups is 1. The van der Waals surface area contributed by atoms with E-state index in [1.807, 2.05) is 0 Å². The highest BCUT2D eigenvalue weighted by Crippen LogP contribution is 2.40. The minimum absolute atomic E-state index is 0.117. The van der Waals surface area contributed by atoms with Gasteiger partial charge in [-0.3, -0.25) is 0 Å². The van der Waals surface area contributed by atoms with E-state index in [1.165, 1.54) is 21.3 Å². The largest absolute Gasteiger partial charge is 0.493 e. The minimum atomic E-state index is -0.593. The Kier molecular flexibility index (Phi) is 5.41. The van der Waals surface area contributed by atoms with Gasteiger partial charge in [-0.2, -0.15) is 0 Å². The first kappa shape index (κ1) is 19.9. The molecule has 0 atom stereocenters. The van der Waals surface area contributed by atoms with Crippen molar-refractivity contribution in [3.63, 3.8) is 0 Å². The molecular weight excluding hydrogens is 414 g/mol. The normalized spacial score (nSPS) is 16.2. The summed E-state index contributed by atoms with van der Waals surface area (Å²) in [5.74, 6) is 1.79. The van der Waals surface area contributed by atoms with Crippen LogP contribution in [0.5, 0.6) is 28.7 Å². The molecule has 2 aromatic carbocycles. The van der Waals surface area contributed by atoms with Gasteiger partial charge < -0.3 is 28.4 Å². The number of aliphatic imine (C=N–C) groups is 1. The van der Waals surface area contributed by atoms with Crippen LogP contribution < -0.4 is 23.7 Å². The Hall–Kier alpha value is -3.39. The molecule has 0 bridgehead atoms. The van der Waals surface area contributed by atoms with E-state index in [2.05, 4.69) is 4.99 Å². The van der Waals surface area contributed by atoms with Crippen molar-refractivity contribution in [2.75, 3.05) is 34.5 Å². The smallest absolute Gasteiger partial charge is 0.363 e. The van der Waals surface area contributed by atoms with Crippen LogP contribution in [0.3, 0.4) is 0 Å². The summed E-state index contributed by atoms with van der Waals surface area (Å²) < 4.78 is 32.4. The van der Waals surface area contributed by atoms with Gasteiger partial charge in [0.05, 0.1) is 26.4 Å². The van der Waals surface area contributed by atoms with Gasteiger partial charge in [0.25, 0.3) is 0 Å². The average Bonchev–Trinajstić information content (AvgIpc) is 3.12. The minimum Gasteiger partial charge on any atom is -0.493 e. The Morgan fingerprint density at radius 3 is 2.37 bits per heavy atom. The van der Waals surface area contributed by atoms with Gasteiger partial charge in [-0.05, 0) is 35.9 Å². The molecule has 2 aliphatic rings. The van der Waals surface area contributed by atoms with Crippen molar-refractivity contribution >= 4 is 29.5 Å². The van der Waals surface area contributed by atoms with Crippen LogP contribution in [0.1, 0.15) is 11.1 Å². The van der Waals surface area contributed by atoms with Crippen LogP contribution in [-0.2, 0) is 9.53 Å². The molecule has 0 saturated heterocycles. The summed E-state index contributed by atoms with van der Waals surface area (Å²) >= 11 is 6.26. The third kappa shape index (κ3) is 3.61. The van der Waals surface area contributed by atoms with E-state index in [9.17, 15) is 4.79 Å². The fourth-order valence-electron chi connectivity index (χ4n) is 3.11. The summed E-state index contributed by atoms with van der Waals surface area (Å²) in [5.41, 5.74) is 1.25. The lowest BCUT2D eigenvalue weighted by Gasteiger charge is -2.19. The van der Waals surface area contributed by atoms with Crippen LogP contribution in [0, 0.1) is 0 Å². The zero-order chi connectivity index (χ0) is 21.3. The molecule has 156 valence electrons. The summed E-state index contributed by atoms with van der Waals surface area (Å²) in [7, 11) is 4.51. The summed E-state index contributed by atoms with van der Waals surface area (Å²) in [6, 6.07) is 6.70. The van der Waals surface area contributed by atoms with E-state index in [0.717, 1.165) is 0 Å². The van der Waals surface area contributed by atoms with Crippen LogP contribution in [0.25, 0.3) is 6.08 Å². The van der Waals surface area contributed by atoms with Crippen molar-refractivity contribution in [1.82, 2.24) is 0 Å². The van der Waals surface area contributed by atoms with Crippen molar-refractivity contribution in [1.29, 1.82) is 0 Å². The predicted octanol–water partition coefficient (Wildman–Crippen LogP) is 3.48. The summed E-state index contributed by atoms with van der Waals surface area (Å²) in [6.07, 6.45) is 1.57. The number of cyclic esters (lactones) is 1. The lowest BCUT2D eigenvalue weighted by Crippen LogP contribution is -2.15. The maximum atomic E-state index is 12.4. The first-order valence-electron chi connectivity index (χ1n) is 8.96. The third-order valence-corrected chi connectivity index (χ3v) is 4.74. The molecular formula is C21H18ClNO7. The van der Waals surface area contributed by atoms with Crippen molar-refractivity contribution in [3.05, 3.63) is 46.1 Å². The first-order valence-corrected chi connectivity index (χ1v) is 9.34. The summed E-state index contributed by atoms with van der Waals surface area (Å²) in [4.78, 5) is 16.7. The topological polar surface area (TPSA) is 84.8 Å².